The van der Waals surface area contributed by atoms with E-state index in [4.69, 9.17) is 0 Å². The van der Waals surface area contributed by atoms with E-state index in [1.54, 1.807) is 36.7 Å². The van der Waals surface area contributed by atoms with E-state index in [0.29, 0.717) is 24.0 Å². The molecule has 0 saturated heterocycles. The Morgan fingerprint density at radius 2 is 1.91 bits per heavy atom. The number of pyridine rings is 1. The molecule has 1 N–H and O–H groups in total. The van der Waals surface area contributed by atoms with E-state index < -0.39 is 5.72 Å². The molecule has 0 fully saturated rings. The maximum Gasteiger partial charge on any atom is 0.277 e. The predicted molar refractivity (Wildman–Crippen MR) is 90.8 cm³/mol. The summed E-state index contributed by atoms with van der Waals surface area (Å²) in [5, 5.41) is 16.7. The van der Waals surface area contributed by atoms with Gasteiger partial charge in [-0.3, -0.25) is 9.78 Å². The first kappa shape index (κ1) is 15.8. The van der Waals surface area contributed by atoms with E-state index in [2.05, 4.69) is 26.0 Å². The van der Waals surface area contributed by atoms with Gasteiger partial charge >= 0.3 is 0 Å². The maximum atomic E-state index is 12.8. The van der Waals surface area contributed by atoms with Crippen molar-refractivity contribution in [2.24, 2.45) is 5.10 Å². The van der Waals surface area contributed by atoms with Crippen LogP contribution < -0.4 is 0 Å². The highest BCUT2D eigenvalue weighted by Gasteiger charge is 2.45. The Bertz CT molecular complexity index is 746. The molecule has 23 heavy (non-hydrogen) atoms. The van der Waals surface area contributed by atoms with Crippen LogP contribution in [0, 0.1) is 0 Å². The second-order valence-electron chi connectivity index (χ2n) is 5.37. The van der Waals surface area contributed by atoms with Gasteiger partial charge in [-0.05, 0) is 30.7 Å². The monoisotopic (exact) mass is 373 g/mol. The minimum Gasteiger partial charge on any atom is -0.365 e. The van der Waals surface area contributed by atoms with Crippen LogP contribution in [0.15, 0.2) is 58.4 Å². The number of aliphatic hydroxyl groups is 1. The Hall–Kier alpha value is -2.05. The topological polar surface area (TPSA) is 65.8 Å². The van der Waals surface area contributed by atoms with Gasteiger partial charge in [-0.1, -0.05) is 35.0 Å². The normalized spacial score (nSPS) is 20.5. The van der Waals surface area contributed by atoms with E-state index in [9.17, 15) is 9.90 Å². The average molecular weight is 374 g/mol. The van der Waals surface area contributed by atoms with Gasteiger partial charge < -0.3 is 5.11 Å². The first-order valence-electron chi connectivity index (χ1n) is 7.34. The third-order valence-electron chi connectivity index (χ3n) is 3.88. The summed E-state index contributed by atoms with van der Waals surface area (Å²) < 4.78 is 0.909. The van der Waals surface area contributed by atoms with Gasteiger partial charge in [-0.2, -0.15) is 10.1 Å². The van der Waals surface area contributed by atoms with Crippen molar-refractivity contribution in [3.05, 3.63) is 64.4 Å². The summed E-state index contributed by atoms with van der Waals surface area (Å²) in [6.45, 7) is 1.96. The van der Waals surface area contributed by atoms with Crippen molar-refractivity contribution < 1.29 is 9.90 Å². The van der Waals surface area contributed by atoms with Crippen molar-refractivity contribution in [2.75, 3.05) is 0 Å². The lowest BCUT2D eigenvalue weighted by atomic mass is 9.96. The summed E-state index contributed by atoms with van der Waals surface area (Å²) in [4.78, 5) is 16.7. The zero-order valence-electron chi connectivity index (χ0n) is 12.6. The van der Waals surface area contributed by atoms with Crippen LogP contribution in [-0.2, 0) is 5.72 Å². The molecule has 0 radical (unpaired) electrons. The van der Waals surface area contributed by atoms with Gasteiger partial charge in [0.05, 0.1) is 0 Å². The molecule has 1 atom stereocenters. The van der Waals surface area contributed by atoms with Crippen molar-refractivity contribution in [3.8, 4) is 0 Å². The van der Waals surface area contributed by atoms with Crippen LogP contribution in [0.3, 0.4) is 0 Å². The zero-order valence-corrected chi connectivity index (χ0v) is 14.2. The lowest BCUT2D eigenvalue weighted by Crippen LogP contribution is -2.43. The third kappa shape index (κ3) is 2.92. The molecular formula is C17H16BrN3O2. The fourth-order valence-corrected chi connectivity index (χ4v) is 2.85. The summed E-state index contributed by atoms with van der Waals surface area (Å²) in [5.74, 6) is -0.346. The molecule has 0 unspecified atom stereocenters. The summed E-state index contributed by atoms with van der Waals surface area (Å²) in [5.41, 5.74) is 0.400. The summed E-state index contributed by atoms with van der Waals surface area (Å²) in [6, 6.07) is 10.5. The molecule has 1 aliphatic rings. The minimum atomic E-state index is -1.47. The molecule has 1 aliphatic heterocycles. The SMILES string of the molecule is CCC1=NN(C(=O)c2ccncc2)[C@](O)(c2ccc(Br)cc2)C1. The van der Waals surface area contributed by atoms with Crippen molar-refractivity contribution >= 4 is 27.5 Å². The summed E-state index contributed by atoms with van der Waals surface area (Å²) in [6.07, 6.45) is 4.08. The molecule has 2 aromatic rings. The number of hydrazone groups is 1. The molecule has 0 saturated carbocycles. The Morgan fingerprint density at radius 1 is 1.26 bits per heavy atom. The molecule has 1 aromatic carbocycles. The largest absolute Gasteiger partial charge is 0.365 e. The molecule has 0 bridgehead atoms. The van der Waals surface area contributed by atoms with E-state index in [1.807, 2.05) is 19.1 Å². The van der Waals surface area contributed by atoms with Crippen LogP contribution >= 0.6 is 15.9 Å². The second kappa shape index (κ2) is 6.22. The first-order chi connectivity index (χ1) is 11.0. The number of hydrogen-bond acceptors (Lipinski definition) is 4. The smallest absolute Gasteiger partial charge is 0.277 e. The predicted octanol–water partition coefficient (Wildman–Crippen LogP) is 3.30. The summed E-state index contributed by atoms with van der Waals surface area (Å²) >= 11 is 3.38. The molecule has 2 heterocycles. The molecule has 1 aromatic heterocycles. The number of hydrogen-bond donors (Lipinski definition) is 1. The van der Waals surface area contributed by atoms with Crippen molar-refractivity contribution in [3.63, 3.8) is 0 Å². The van der Waals surface area contributed by atoms with Crippen molar-refractivity contribution in [1.29, 1.82) is 0 Å². The third-order valence-corrected chi connectivity index (χ3v) is 4.41. The number of rotatable bonds is 3. The fraction of sp³-hybridized carbons (Fsp3) is 0.235. The highest BCUT2D eigenvalue weighted by atomic mass is 79.9. The van der Waals surface area contributed by atoms with Gasteiger partial charge in [-0.25, -0.2) is 0 Å². The van der Waals surface area contributed by atoms with E-state index in [0.717, 1.165) is 10.2 Å². The number of aromatic nitrogens is 1. The van der Waals surface area contributed by atoms with E-state index in [-0.39, 0.29) is 5.91 Å². The number of halogens is 1. The minimum absolute atomic E-state index is 0.307. The molecule has 0 spiro atoms. The number of benzene rings is 1. The lowest BCUT2D eigenvalue weighted by Gasteiger charge is -2.31. The molecule has 1 amide bonds. The van der Waals surface area contributed by atoms with Gasteiger partial charge in [-0.15, -0.1) is 0 Å². The molecular weight excluding hydrogens is 358 g/mol. The van der Waals surface area contributed by atoms with Crippen LogP contribution in [0.5, 0.6) is 0 Å². The molecule has 0 aliphatic carbocycles. The zero-order chi connectivity index (χ0) is 16.4. The van der Waals surface area contributed by atoms with Crippen LogP contribution in [-0.4, -0.2) is 26.7 Å². The Labute approximate surface area is 142 Å². The number of nitrogens with zero attached hydrogens (tertiary/aromatic N) is 3. The average Bonchev–Trinajstić information content (AvgIpc) is 2.93. The fourth-order valence-electron chi connectivity index (χ4n) is 2.59. The van der Waals surface area contributed by atoms with Crippen molar-refractivity contribution in [2.45, 2.75) is 25.5 Å². The van der Waals surface area contributed by atoms with Gasteiger partial charge in [0.25, 0.3) is 5.91 Å². The second-order valence-corrected chi connectivity index (χ2v) is 6.29. The Balaban J connectivity index is 2.02. The van der Waals surface area contributed by atoms with Gasteiger partial charge in [0.2, 0.25) is 0 Å². The molecule has 3 rings (SSSR count). The standard InChI is InChI=1S/C17H16BrN3O2/c1-2-15-11-17(23,13-3-5-14(18)6-4-13)21(20-15)16(22)12-7-9-19-10-8-12/h3-10,23H,2,11H2,1H3/t17-/m1/s1. The van der Waals surface area contributed by atoms with E-state index >= 15 is 0 Å². The highest BCUT2D eigenvalue weighted by molar-refractivity contribution is 9.10. The Morgan fingerprint density at radius 3 is 2.52 bits per heavy atom. The Kier molecular flexibility index (Phi) is 4.28. The quantitative estimate of drug-likeness (QED) is 0.897. The van der Waals surface area contributed by atoms with Crippen LogP contribution in [0.1, 0.15) is 35.7 Å². The van der Waals surface area contributed by atoms with Gasteiger partial charge in [0, 0.05) is 40.1 Å². The van der Waals surface area contributed by atoms with Crippen molar-refractivity contribution in [1.82, 2.24) is 9.99 Å². The van der Waals surface area contributed by atoms with Crippen LogP contribution in [0.4, 0.5) is 0 Å². The molecule has 5 nitrogen and oxygen atoms in total. The van der Waals surface area contributed by atoms with E-state index in [1.165, 1.54) is 5.01 Å². The highest BCUT2D eigenvalue weighted by Crippen LogP contribution is 2.37. The number of amides is 1. The maximum absolute atomic E-state index is 12.8. The van der Waals surface area contributed by atoms with Gasteiger partial charge in [0.1, 0.15) is 0 Å². The molecule has 118 valence electrons. The van der Waals surface area contributed by atoms with Gasteiger partial charge in [0.15, 0.2) is 5.72 Å². The number of carbonyl (C=O) groups excluding carboxylic acids is 1. The first-order valence-corrected chi connectivity index (χ1v) is 8.13. The van der Waals surface area contributed by atoms with Crippen LogP contribution in [0.2, 0.25) is 0 Å². The lowest BCUT2D eigenvalue weighted by molar-refractivity contribution is -0.0765. The van der Waals surface area contributed by atoms with Crippen LogP contribution in [0.25, 0.3) is 0 Å². The molecule has 6 heteroatoms. The summed E-state index contributed by atoms with van der Waals surface area (Å²) in [7, 11) is 0. The number of carbonyl (C=O) groups is 1.